The minimum atomic E-state index is 0.137. The average Bonchev–Trinajstić information content (AvgIpc) is 2.50. The summed E-state index contributed by atoms with van der Waals surface area (Å²) in [5.41, 5.74) is 3.21. The van der Waals surface area contributed by atoms with Crippen molar-refractivity contribution in [2.24, 2.45) is 11.8 Å². The van der Waals surface area contributed by atoms with Crippen LogP contribution in [0.5, 0.6) is 0 Å². The molecular formula is C15H28N2O2S. The van der Waals surface area contributed by atoms with Crippen LogP contribution in [0.1, 0.15) is 44.9 Å². The van der Waals surface area contributed by atoms with E-state index in [1.54, 1.807) is 0 Å². The third-order valence-corrected chi connectivity index (χ3v) is 6.24. The van der Waals surface area contributed by atoms with Gasteiger partial charge in [-0.05, 0) is 62.4 Å². The van der Waals surface area contributed by atoms with Gasteiger partial charge in [0.15, 0.2) is 0 Å². The molecule has 0 aliphatic carbocycles. The Balaban J connectivity index is 1.64. The molecular weight excluding hydrogens is 272 g/mol. The molecule has 4 nitrogen and oxygen atoms in total. The van der Waals surface area contributed by atoms with E-state index < -0.39 is 0 Å². The van der Waals surface area contributed by atoms with E-state index in [9.17, 15) is 0 Å². The molecule has 3 N–H and O–H groups in total. The first-order valence-corrected chi connectivity index (χ1v) is 9.28. The highest BCUT2D eigenvalue weighted by atomic mass is 32.2. The van der Waals surface area contributed by atoms with E-state index in [1.807, 2.05) is 0 Å². The second-order valence-electron chi connectivity index (χ2n) is 6.49. The zero-order valence-corrected chi connectivity index (χ0v) is 13.1. The lowest BCUT2D eigenvalue weighted by Crippen LogP contribution is -2.55. The van der Waals surface area contributed by atoms with Crippen LogP contribution in [0.3, 0.4) is 0 Å². The molecule has 3 aliphatic heterocycles. The fourth-order valence-corrected chi connectivity index (χ4v) is 5.30. The van der Waals surface area contributed by atoms with Gasteiger partial charge in [0.1, 0.15) is 0 Å². The van der Waals surface area contributed by atoms with Crippen LogP contribution in [0.25, 0.3) is 0 Å². The Labute approximate surface area is 126 Å². The second-order valence-corrected chi connectivity index (χ2v) is 7.72. The molecule has 3 rings (SSSR count). The summed E-state index contributed by atoms with van der Waals surface area (Å²) in [6, 6.07) is 0.297. The second kappa shape index (κ2) is 6.97. The highest BCUT2D eigenvalue weighted by Gasteiger charge is 2.42. The summed E-state index contributed by atoms with van der Waals surface area (Å²) >= 11 is 2.06. The zero-order valence-electron chi connectivity index (χ0n) is 12.3. The van der Waals surface area contributed by atoms with Crippen LogP contribution >= 0.6 is 11.8 Å². The van der Waals surface area contributed by atoms with Crippen molar-refractivity contribution in [1.29, 1.82) is 0 Å². The number of hydrogen-bond donors (Lipinski definition) is 2. The average molecular weight is 300 g/mol. The van der Waals surface area contributed by atoms with Crippen LogP contribution in [-0.4, -0.2) is 42.5 Å². The first kappa shape index (κ1) is 15.1. The molecule has 0 aromatic rings. The van der Waals surface area contributed by atoms with E-state index in [2.05, 4.69) is 17.2 Å². The maximum Gasteiger partial charge on any atom is 0.0744 e. The Bertz CT molecular complexity index is 299. The van der Waals surface area contributed by atoms with Gasteiger partial charge in [0, 0.05) is 13.2 Å². The Kier molecular flexibility index (Phi) is 5.26. The molecule has 0 aromatic heterocycles. The van der Waals surface area contributed by atoms with E-state index in [0.29, 0.717) is 18.1 Å². The van der Waals surface area contributed by atoms with Gasteiger partial charge in [-0.2, -0.15) is 11.8 Å². The van der Waals surface area contributed by atoms with Crippen LogP contribution in [0.4, 0.5) is 0 Å². The van der Waals surface area contributed by atoms with Crippen LogP contribution in [-0.2, 0) is 9.47 Å². The van der Waals surface area contributed by atoms with Crippen molar-refractivity contribution >= 4 is 11.8 Å². The Morgan fingerprint density at radius 3 is 2.70 bits per heavy atom. The maximum absolute atomic E-state index is 6.20. The number of rotatable bonds is 3. The number of thioether (sulfide) groups is 1. The SMILES string of the molecule is NNC(C1CCOC2(CCSCC2)C1)C1CCCCO1. The predicted octanol–water partition coefficient (Wildman–Crippen LogP) is 2.08. The van der Waals surface area contributed by atoms with Crippen molar-refractivity contribution in [3.63, 3.8) is 0 Å². The van der Waals surface area contributed by atoms with E-state index in [4.69, 9.17) is 15.3 Å². The summed E-state index contributed by atoms with van der Waals surface area (Å²) in [5.74, 6) is 8.96. The van der Waals surface area contributed by atoms with E-state index in [1.165, 1.54) is 37.2 Å². The number of hydrogen-bond acceptors (Lipinski definition) is 5. The Hall–Kier alpha value is 0.190. The van der Waals surface area contributed by atoms with Crippen LogP contribution in [0, 0.1) is 5.92 Å². The molecule has 20 heavy (non-hydrogen) atoms. The summed E-state index contributed by atoms with van der Waals surface area (Å²) in [6.45, 7) is 1.79. The molecule has 0 aromatic carbocycles. The molecule has 0 amide bonds. The van der Waals surface area contributed by atoms with Gasteiger partial charge in [-0.15, -0.1) is 0 Å². The lowest BCUT2D eigenvalue weighted by atomic mass is 9.76. The van der Waals surface area contributed by atoms with Gasteiger partial charge in [-0.1, -0.05) is 0 Å². The highest BCUT2D eigenvalue weighted by molar-refractivity contribution is 7.99. The summed E-state index contributed by atoms with van der Waals surface area (Å²) in [7, 11) is 0. The fourth-order valence-electron chi connectivity index (χ4n) is 4.06. The quantitative estimate of drug-likeness (QED) is 0.617. The minimum absolute atomic E-state index is 0.137. The molecule has 5 heteroatoms. The lowest BCUT2D eigenvalue weighted by molar-refractivity contribution is -0.120. The van der Waals surface area contributed by atoms with Crippen molar-refractivity contribution in [2.75, 3.05) is 24.7 Å². The largest absolute Gasteiger partial charge is 0.377 e. The number of nitrogens with two attached hydrogens (primary N) is 1. The molecule has 3 unspecified atom stereocenters. The smallest absolute Gasteiger partial charge is 0.0744 e. The number of nitrogens with one attached hydrogen (secondary N) is 1. The molecule has 3 heterocycles. The van der Waals surface area contributed by atoms with Gasteiger partial charge < -0.3 is 9.47 Å². The Morgan fingerprint density at radius 1 is 1.15 bits per heavy atom. The molecule has 3 atom stereocenters. The topological polar surface area (TPSA) is 56.5 Å². The Morgan fingerprint density at radius 2 is 2.00 bits per heavy atom. The molecule has 0 saturated carbocycles. The van der Waals surface area contributed by atoms with Gasteiger partial charge in [0.25, 0.3) is 0 Å². The molecule has 0 bridgehead atoms. The van der Waals surface area contributed by atoms with Crippen molar-refractivity contribution in [2.45, 2.75) is 62.7 Å². The molecule has 3 fully saturated rings. The van der Waals surface area contributed by atoms with E-state index in [-0.39, 0.29) is 5.60 Å². The minimum Gasteiger partial charge on any atom is -0.377 e. The van der Waals surface area contributed by atoms with Crippen LogP contribution in [0.2, 0.25) is 0 Å². The first-order valence-electron chi connectivity index (χ1n) is 8.12. The fraction of sp³-hybridized carbons (Fsp3) is 1.00. The number of ether oxygens (including phenoxy) is 2. The van der Waals surface area contributed by atoms with Gasteiger partial charge in [0.05, 0.1) is 17.7 Å². The third kappa shape index (κ3) is 3.33. The molecule has 0 radical (unpaired) electrons. The van der Waals surface area contributed by atoms with Crippen molar-refractivity contribution < 1.29 is 9.47 Å². The van der Waals surface area contributed by atoms with E-state index >= 15 is 0 Å². The third-order valence-electron chi connectivity index (χ3n) is 5.25. The van der Waals surface area contributed by atoms with Crippen LogP contribution in [0.15, 0.2) is 0 Å². The van der Waals surface area contributed by atoms with E-state index in [0.717, 1.165) is 32.5 Å². The highest BCUT2D eigenvalue weighted by Crippen LogP contribution is 2.41. The summed E-state index contributed by atoms with van der Waals surface area (Å²) < 4.78 is 12.2. The summed E-state index contributed by atoms with van der Waals surface area (Å²) in [5, 5.41) is 0. The normalized spacial score (nSPS) is 35.9. The van der Waals surface area contributed by atoms with Gasteiger partial charge in [-0.3, -0.25) is 11.3 Å². The lowest BCUT2D eigenvalue weighted by Gasteiger charge is -2.46. The molecule has 3 aliphatic rings. The van der Waals surface area contributed by atoms with Crippen LogP contribution < -0.4 is 11.3 Å². The molecule has 116 valence electrons. The van der Waals surface area contributed by atoms with Gasteiger partial charge in [-0.25, -0.2) is 0 Å². The molecule has 3 saturated heterocycles. The van der Waals surface area contributed by atoms with Crippen molar-refractivity contribution in [3.05, 3.63) is 0 Å². The van der Waals surface area contributed by atoms with Crippen molar-refractivity contribution in [3.8, 4) is 0 Å². The summed E-state index contributed by atoms with van der Waals surface area (Å²) in [4.78, 5) is 0. The van der Waals surface area contributed by atoms with Gasteiger partial charge >= 0.3 is 0 Å². The van der Waals surface area contributed by atoms with Crippen molar-refractivity contribution in [1.82, 2.24) is 5.43 Å². The zero-order chi connectivity index (χ0) is 13.8. The monoisotopic (exact) mass is 300 g/mol. The summed E-state index contributed by atoms with van der Waals surface area (Å²) in [6.07, 6.45) is 8.60. The van der Waals surface area contributed by atoms with Gasteiger partial charge in [0.2, 0.25) is 0 Å². The number of hydrazine groups is 1. The first-order chi connectivity index (χ1) is 9.83. The maximum atomic E-state index is 6.20. The standard InChI is InChI=1S/C15H28N2O2S/c16-17-14(13-3-1-2-7-18-13)12-4-8-19-15(11-12)5-9-20-10-6-15/h12-14,17H,1-11,16H2. The molecule has 1 spiro atoms. The predicted molar refractivity (Wildman–Crippen MR) is 82.7 cm³/mol.